The van der Waals surface area contributed by atoms with Gasteiger partial charge in [-0.05, 0) is 36.2 Å². The van der Waals surface area contributed by atoms with E-state index < -0.39 is 0 Å². The molecule has 0 unspecified atom stereocenters. The first-order chi connectivity index (χ1) is 7.07. The number of hydrogen-bond donors (Lipinski definition) is 0. The first-order valence-corrected chi connectivity index (χ1v) is 5.79. The molecule has 3 nitrogen and oxygen atoms in total. The summed E-state index contributed by atoms with van der Waals surface area (Å²) in [6, 6.07) is 0. The molecule has 0 amide bonds. The van der Waals surface area contributed by atoms with E-state index in [2.05, 4.69) is 28.0 Å². The van der Waals surface area contributed by atoms with E-state index in [1.807, 2.05) is 19.9 Å². The van der Waals surface area contributed by atoms with Crippen molar-refractivity contribution in [1.82, 2.24) is 9.78 Å². The van der Waals surface area contributed by atoms with Gasteiger partial charge in [-0.1, -0.05) is 19.4 Å². The van der Waals surface area contributed by atoms with Crippen molar-refractivity contribution < 1.29 is 4.79 Å². The van der Waals surface area contributed by atoms with Gasteiger partial charge in [0.25, 0.3) is 5.91 Å². The maximum Gasteiger partial charge on any atom is 0.270 e. The molecule has 82 valence electrons. The summed E-state index contributed by atoms with van der Waals surface area (Å²) in [5.74, 6) is -0.0882. The minimum absolute atomic E-state index is 0.0882. The molecule has 1 heterocycles. The van der Waals surface area contributed by atoms with Crippen molar-refractivity contribution in [3.8, 4) is 0 Å². The van der Waals surface area contributed by atoms with Gasteiger partial charge >= 0.3 is 0 Å². The van der Waals surface area contributed by atoms with Gasteiger partial charge in [0.15, 0.2) is 0 Å². The SMILES string of the molecule is CCC/C=C/C(=O)n1nc(C)c(Br)c1C. The topological polar surface area (TPSA) is 34.9 Å². The highest BCUT2D eigenvalue weighted by Crippen LogP contribution is 2.19. The van der Waals surface area contributed by atoms with Crippen LogP contribution in [0.5, 0.6) is 0 Å². The van der Waals surface area contributed by atoms with Gasteiger partial charge < -0.3 is 0 Å². The Balaban J connectivity index is 2.87. The number of allylic oxidation sites excluding steroid dienone is 2. The second-order valence-corrected chi connectivity index (χ2v) is 4.22. The van der Waals surface area contributed by atoms with Crippen LogP contribution in [0.4, 0.5) is 0 Å². The molecule has 4 heteroatoms. The van der Waals surface area contributed by atoms with Crippen LogP contribution in [0.1, 0.15) is 35.9 Å². The highest BCUT2D eigenvalue weighted by atomic mass is 79.9. The molecule has 1 rings (SSSR count). The lowest BCUT2D eigenvalue weighted by atomic mass is 10.3. The maximum atomic E-state index is 11.7. The predicted octanol–water partition coefficient (Wildman–Crippen LogP) is 3.26. The first kappa shape index (κ1) is 12.2. The van der Waals surface area contributed by atoms with Crippen LogP contribution in [-0.2, 0) is 0 Å². The number of halogens is 1. The normalized spacial score (nSPS) is 11.2. The van der Waals surface area contributed by atoms with Gasteiger partial charge in [-0.2, -0.15) is 5.10 Å². The third-order valence-electron chi connectivity index (χ3n) is 2.13. The lowest BCUT2D eigenvalue weighted by molar-refractivity contribution is 0.0951. The molecule has 0 radical (unpaired) electrons. The molecule has 0 aliphatic carbocycles. The fourth-order valence-corrected chi connectivity index (χ4v) is 1.51. The van der Waals surface area contributed by atoms with Crippen molar-refractivity contribution in [1.29, 1.82) is 0 Å². The Morgan fingerprint density at radius 3 is 2.67 bits per heavy atom. The molecule has 0 spiro atoms. The monoisotopic (exact) mass is 270 g/mol. The Bertz CT molecular complexity index is 394. The zero-order valence-corrected chi connectivity index (χ0v) is 10.8. The predicted molar refractivity (Wildman–Crippen MR) is 64.1 cm³/mol. The van der Waals surface area contributed by atoms with E-state index in [4.69, 9.17) is 0 Å². The molecule has 1 aromatic rings. The van der Waals surface area contributed by atoms with Gasteiger partial charge in [-0.25, -0.2) is 4.68 Å². The third-order valence-corrected chi connectivity index (χ3v) is 3.28. The Labute approximate surface area is 98.3 Å². The summed E-state index contributed by atoms with van der Waals surface area (Å²) >= 11 is 3.39. The zero-order valence-electron chi connectivity index (χ0n) is 9.25. The summed E-state index contributed by atoms with van der Waals surface area (Å²) in [7, 11) is 0. The lowest BCUT2D eigenvalue weighted by Crippen LogP contribution is -2.11. The van der Waals surface area contributed by atoms with Crippen molar-refractivity contribution in [2.45, 2.75) is 33.6 Å². The number of rotatable bonds is 3. The second kappa shape index (κ2) is 5.26. The molecule has 0 aliphatic heterocycles. The first-order valence-electron chi connectivity index (χ1n) is 5.00. The number of carbonyl (C=O) groups excluding carboxylic acids is 1. The van der Waals surface area contributed by atoms with Crippen LogP contribution >= 0.6 is 15.9 Å². The van der Waals surface area contributed by atoms with Crippen molar-refractivity contribution in [2.24, 2.45) is 0 Å². The number of carbonyl (C=O) groups is 1. The van der Waals surface area contributed by atoms with E-state index in [9.17, 15) is 4.79 Å². The smallest absolute Gasteiger partial charge is 0.267 e. The van der Waals surface area contributed by atoms with E-state index in [1.54, 1.807) is 6.08 Å². The minimum Gasteiger partial charge on any atom is -0.267 e. The average Bonchev–Trinajstić information content (AvgIpc) is 2.46. The molecule has 0 saturated heterocycles. The number of hydrogen-bond acceptors (Lipinski definition) is 2. The summed E-state index contributed by atoms with van der Waals surface area (Å²) in [5.41, 5.74) is 1.68. The summed E-state index contributed by atoms with van der Waals surface area (Å²) in [6.45, 7) is 5.82. The zero-order chi connectivity index (χ0) is 11.4. The van der Waals surface area contributed by atoms with Crippen molar-refractivity contribution >= 4 is 21.8 Å². The molecule has 15 heavy (non-hydrogen) atoms. The Hall–Kier alpha value is -0.900. The van der Waals surface area contributed by atoms with Gasteiger partial charge in [0.2, 0.25) is 0 Å². The number of aryl methyl sites for hydroxylation is 1. The largest absolute Gasteiger partial charge is 0.270 e. The number of nitrogens with zero attached hydrogens (tertiary/aromatic N) is 2. The molecule has 0 aromatic carbocycles. The van der Waals surface area contributed by atoms with Gasteiger partial charge in [-0.3, -0.25) is 4.79 Å². The van der Waals surface area contributed by atoms with E-state index in [0.29, 0.717) is 0 Å². The molecule has 1 aromatic heterocycles. The van der Waals surface area contributed by atoms with Gasteiger partial charge in [-0.15, -0.1) is 0 Å². The fourth-order valence-electron chi connectivity index (χ4n) is 1.26. The van der Waals surface area contributed by atoms with E-state index >= 15 is 0 Å². The fraction of sp³-hybridized carbons (Fsp3) is 0.455. The summed E-state index contributed by atoms with van der Waals surface area (Å²) in [4.78, 5) is 11.7. The Morgan fingerprint density at radius 2 is 2.20 bits per heavy atom. The summed E-state index contributed by atoms with van der Waals surface area (Å²) < 4.78 is 2.32. The van der Waals surface area contributed by atoms with Crippen molar-refractivity contribution in [3.05, 3.63) is 28.0 Å². The molecule has 0 N–H and O–H groups in total. The summed E-state index contributed by atoms with van der Waals surface area (Å²) in [5, 5.41) is 4.16. The van der Waals surface area contributed by atoms with E-state index in [1.165, 1.54) is 4.68 Å². The quantitative estimate of drug-likeness (QED) is 0.791. The molecular weight excluding hydrogens is 256 g/mol. The Morgan fingerprint density at radius 1 is 1.53 bits per heavy atom. The highest BCUT2D eigenvalue weighted by Gasteiger charge is 2.12. The van der Waals surface area contributed by atoms with E-state index in [0.717, 1.165) is 28.7 Å². The van der Waals surface area contributed by atoms with Gasteiger partial charge in [0.05, 0.1) is 15.9 Å². The number of aromatic nitrogens is 2. The molecular formula is C11H15BrN2O. The minimum atomic E-state index is -0.0882. The highest BCUT2D eigenvalue weighted by molar-refractivity contribution is 9.10. The standard InChI is InChI=1S/C11H15BrN2O/c1-4-5-6-7-10(15)14-9(3)11(12)8(2)13-14/h6-7H,4-5H2,1-3H3/b7-6+. The second-order valence-electron chi connectivity index (χ2n) is 3.43. The van der Waals surface area contributed by atoms with Crippen molar-refractivity contribution in [3.63, 3.8) is 0 Å². The lowest BCUT2D eigenvalue weighted by Gasteiger charge is -1.97. The maximum absolute atomic E-state index is 11.7. The van der Waals surface area contributed by atoms with Gasteiger partial charge in [0, 0.05) is 6.08 Å². The average molecular weight is 271 g/mol. The molecule has 0 saturated carbocycles. The molecule has 0 atom stereocenters. The summed E-state index contributed by atoms with van der Waals surface area (Å²) in [6.07, 6.45) is 5.43. The molecule has 0 aliphatic rings. The van der Waals surface area contributed by atoms with Crippen LogP contribution in [0.15, 0.2) is 16.6 Å². The molecule has 0 bridgehead atoms. The van der Waals surface area contributed by atoms with Crippen LogP contribution < -0.4 is 0 Å². The van der Waals surface area contributed by atoms with Crippen LogP contribution in [0.2, 0.25) is 0 Å². The van der Waals surface area contributed by atoms with Gasteiger partial charge in [0.1, 0.15) is 0 Å². The van der Waals surface area contributed by atoms with E-state index in [-0.39, 0.29) is 5.91 Å². The molecule has 0 fully saturated rings. The third kappa shape index (κ3) is 2.78. The van der Waals surface area contributed by atoms with Crippen LogP contribution in [0.3, 0.4) is 0 Å². The number of unbranched alkanes of at least 4 members (excludes halogenated alkanes) is 1. The Kier molecular flexibility index (Phi) is 4.27. The van der Waals surface area contributed by atoms with Crippen LogP contribution in [0, 0.1) is 13.8 Å². The van der Waals surface area contributed by atoms with Crippen LogP contribution in [0.25, 0.3) is 0 Å². The van der Waals surface area contributed by atoms with Crippen LogP contribution in [-0.4, -0.2) is 15.7 Å². The van der Waals surface area contributed by atoms with Crippen molar-refractivity contribution in [2.75, 3.05) is 0 Å².